The van der Waals surface area contributed by atoms with Crippen LogP contribution in [0.4, 0.5) is 5.69 Å². The Balaban J connectivity index is 1.82. The number of para-hydroxylation sites is 1. The molecule has 0 fully saturated rings. The number of nitrogens with one attached hydrogen (secondary N) is 1. The summed E-state index contributed by atoms with van der Waals surface area (Å²) in [6.45, 7) is 0.227. The Morgan fingerprint density at radius 2 is 1.96 bits per heavy atom. The number of aromatic hydroxyl groups is 1. The molecule has 2 aromatic carbocycles. The second-order valence-electron chi connectivity index (χ2n) is 6.01. The minimum atomic E-state index is -0.374. The number of phenolic OH excluding ortho intramolecular Hbond substituents is 1. The SMILES string of the molecule is O=C(NCc1ccco1)c1cc2ccc(O)cc2oc1=Nc1ccccc1Cl. The Bertz CT molecular complexity index is 1210. The van der Waals surface area contributed by atoms with E-state index >= 15 is 0 Å². The number of halogens is 1. The molecular formula is C21H15ClN2O4. The predicted molar refractivity (Wildman–Crippen MR) is 104 cm³/mol. The van der Waals surface area contributed by atoms with E-state index in [0.717, 1.165) is 0 Å². The molecule has 7 heteroatoms. The summed E-state index contributed by atoms with van der Waals surface area (Å²) in [5, 5.41) is 13.6. The van der Waals surface area contributed by atoms with Gasteiger partial charge in [-0.3, -0.25) is 4.79 Å². The highest BCUT2D eigenvalue weighted by molar-refractivity contribution is 6.32. The molecule has 4 rings (SSSR count). The Labute approximate surface area is 164 Å². The molecule has 0 spiro atoms. The van der Waals surface area contributed by atoms with E-state index in [1.807, 2.05) is 0 Å². The van der Waals surface area contributed by atoms with Crippen LogP contribution in [0.15, 0.2) is 80.8 Å². The fourth-order valence-electron chi connectivity index (χ4n) is 2.68. The summed E-state index contributed by atoms with van der Waals surface area (Å²) in [6.07, 6.45) is 1.54. The smallest absolute Gasteiger partial charge is 0.257 e. The fraction of sp³-hybridized carbons (Fsp3) is 0.0476. The number of nitrogens with zero attached hydrogens (tertiary/aromatic N) is 1. The van der Waals surface area contributed by atoms with Gasteiger partial charge >= 0.3 is 0 Å². The van der Waals surface area contributed by atoms with Crippen LogP contribution < -0.4 is 10.9 Å². The molecular weight excluding hydrogens is 380 g/mol. The molecule has 1 amide bonds. The molecule has 0 aliphatic carbocycles. The summed E-state index contributed by atoms with van der Waals surface area (Å²) in [5.41, 5.74) is 1.19. The zero-order valence-electron chi connectivity index (χ0n) is 14.6. The second-order valence-corrected chi connectivity index (χ2v) is 6.42. The number of phenols is 1. The lowest BCUT2D eigenvalue weighted by atomic mass is 10.1. The molecule has 28 heavy (non-hydrogen) atoms. The Morgan fingerprint density at radius 1 is 1.11 bits per heavy atom. The van der Waals surface area contributed by atoms with E-state index < -0.39 is 0 Å². The van der Waals surface area contributed by atoms with Crippen LogP contribution in [0.25, 0.3) is 11.0 Å². The van der Waals surface area contributed by atoms with Crippen LogP contribution >= 0.6 is 11.6 Å². The van der Waals surface area contributed by atoms with Crippen LogP contribution in [0.3, 0.4) is 0 Å². The van der Waals surface area contributed by atoms with Crippen molar-refractivity contribution in [2.75, 3.05) is 0 Å². The molecule has 0 atom stereocenters. The first kappa shape index (κ1) is 17.9. The zero-order chi connectivity index (χ0) is 19.5. The molecule has 0 saturated heterocycles. The average Bonchev–Trinajstić information content (AvgIpc) is 3.21. The van der Waals surface area contributed by atoms with Crippen molar-refractivity contribution >= 4 is 34.2 Å². The molecule has 0 radical (unpaired) electrons. The lowest BCUT2D eigenvalue weighted by Crippen LogP contribution is -2.28. The molecule has 4 aromatic rings. The van der Waals surface area contributed by atoms with Gasteiger partial charge in [-0.2, -0.15) is 0 Å². The van der Waals surface area contributed by atoms with Crippen molar-refractivity contribution in [3.63, 3.8) is 0 Å². The van der Waals surface area contributed by atoms with E-state index in [1.54, 1.807) is 48.5 Å². The van der Waals surface area contributed by atoms with Crippen molar-refractivity contribution in [1.82, 2.24) is 5.32 Å². The average molecular weight is 395 g/mol. The van der Waals surface area contributed by atoms with Gasteiger partial charge in [0.15, 0.2) is 0 Å². The first-order chi connectivity index (χ1) is 13.6. The molecule has 2 aromatic heterocycles. The standard InChI is InChI=1S/C21H15ClN2O4/c22-17-5-1-2-6-18(17)24-21-16(20(26)23-12-15-4-3-9-27-15)10-13-7-8-14(25)11-19(13)28-21/h1-11,25H,12H2,(H,23,26). The van der Waals surface area contributed by atoms with Crippen LogP contribution in [-0.4, -0.2) is 11.0 Å². The quantitative estimate of drug-likeness (QED) is 0.531. The number of benzene rings is 2. The van der Waals surface area contributed by atoms with Crippen molar-refractivity contribution in [2.24, 2.45) is 4.99 Å². The van der Waals surface area contributed by atoms with E-state index in [1.165, 1.54) is 18.4 Å². The second kappa shape index (κ2) is 7.62. The molecule has 6 nitrogen and oxygen atoms in total. The zero-order valence-corrected chi connectivity index (χ0v) is 15.3. The Hall–Kier alpha value is -3.51. The van der Waals surface area contributed by atoms with Crippen molar-refractivity contribution in [1.29, 1.82) is 0 Å². The number of rotatable bonds is 4. The third kappa shape index (κ3) is 3.77. The number of furan rings is 1. The summed E-state index contributed by atoms with van der Waals surface area (Å²) in [6, 6.07) is 16.8. The topological polar surface area (TPSA) is 88.0 Å². The minimum absolute atomic E-state index is 0.0509. The summed E-state index contributed by atoms with van der Waals surface area (Å²) in [4.78, 5) is 17.2. The normalized spacial score (nSPS) is 11.7. The number of carbonyl (C=O) groups excluding carboxylic acids is 1. The number of fused-ring (bicyclic) bond motifs is 1. The van der Waals surface area contributed by atoms with Crippen LogP contribution in [0.1, 0.15) is 16.1 Å². The number of hydrogen-bond donors (Lipinski definition) is 2. The maximum atomic E-state index is 12.8. The molecule has 0 bridgehead atoms. The van der Waals surface area contributed by atoms with Gasteiger partial charge in [0.05, 0.1) is 23.5 Å². The van der Waals surface area contributed by atoms with Gasteiger partial charge in [-0.25, -0.2) is 4.99 Å². The first-order valence-electron chi connectivity index (χ1n) is 8.47. The van der Waals surface area contributed by atoms with Crippen molar-refractivity contribution < 1.29 is 18.7 Å². The molecule has 2 N–H and O–H groups in total. The summed E-state index contributed by atoms with van der Waals surface area (Å²) in [7, 11) is 0. The monoisotopic (exact) mass is 394 g/mol. The first-order valence-corrected chi connectivity index (χ1v) is 8.85. The van der Waals surface area contributed by atoms with Crippen LogP contribution in [0, 0.1) is 0 Å². The molecule has 0 aliphatic heterocycles. The van der Waals surface area contributed by atoms with E-state index in [9.17, 15) is 9.90 Å². The van der Waals surface area contributed by atoms with Crippen LogP contribution in [0.2, 0.25) is 5.02 Å². The predicted octanol–water partition coefficient (Wildman–Crippen LogP) is 4.55. The molecule has 2 heterocycles. The summed E-state index contributed by atoms with van der Waals surface area (Å²) in [5.74, 6) is 0.302. The highest BCUT2D eigenvalue weighted by Gasteiger charge is 2.14. The van der Waals surface area contributed by atoms with Crippen molar-refractivity contribution in [3.05, 3.63) is 88.8 Å². The van der Waals surface area contributed by atoms with Gasteiger partial charge in [0.2, 0.25) is 5.55 Å². The Kier molecular flexibility index (Phi) is 4.87. The Morgan fingerprint density at radius 3 is 2.75 bits per heavy atom. The van der Waals surface area contributed by atoms with Crippen molar-refractivity contribution in [2.45, 2.75) is 6.54 Å². The summed E-state index contributed by atoms with van der Waals surface area (Å²) >= 11 is 6.19. The van der Waals surface area contributed by atoms with Gasteiger partial charge in [-0.1, -0.05) is 23.7 Å². The number of hydrogen-bond acceptors (Lipinski definition) is 5. The van der Waals surface area contributed by atoms with Crippen LogP contribution in [0.5, 0.6) is 5.75 Å². The van der Waals surface area contributed by atoms with Gasteiger partial charge in [-0.05, 0) is 42.5 Å². The van der Waals surface area contributed by atoms with E-state index in [0.29, 0.717) is 27.4 Å². The van der Waals surface area contributed by atoms with Gasteiger partial charge in [0, 0.05) is 11.5 Å². The number of amides is 1. The van der Waals surface area contributed by atoms with Crippen LogP contribution in [-0.2, 0) is 6.54 Å². The molecule has 0 saturated carbocycles. The molecule has 0 aliphatic rings. The van der Waals surface area contributed by atoms with E-state index in [2.05, 4.69) is 10.3 Å². The lowest BCUT2D eigenvalue weighted by molar-refractivity contribution is 0.0944. The molecule has 140 valence electrons. The van der Waals surface area contributed by atoms with E-state index in [4.69, 9.17) is 20.4 Å². The third-order valence-electron chi connectivity index (χ3n) is 4.06. The van der Waals surface area contributed by atoms with Gasteiger partial charge in [0.25, 0.3) is 5.91 Å². The van der Waals surface area contributed by atoms with Crippen molar-refractivity contribution in [3.8, 4) is 5.75 Å². The highest BCUT2D eigenvalue weighted by atomic mass is 35.5. The fourth-order valence-corrected chi connectivity index (χ4v) is 2.86. The van der Waals surface area contributed by atoms with E-state index in [-0.39, 0.29) is 29.3 Å². The molecule has 0 unspecified atom stereocenters. The summed E-state index contributed by atoms with van der Waals surface area (Å²) < 4.78 is 11.1. The highest BCUT2D eigenvalue weighted by Crippen LogP contribution is 2.24. The lowest BCUT2D eigenvalue weighted by Gasteiger charge is -2.06. The van der Waals surface area contributed by atoms with Gasteiger partial charge < -0.3 is 19.3 Å². The maximum absolute atomic E-state index is 12.8. The number of carbonyl (C=O) groups is 1. The maximum Gasteiger partial charge on any atom is 0.257 e. The van der Waals surface area contributed by atoms with Gasteiger partial charge in [0.1, 0.15) is 22.7 Å². The minimum Gasteiger partial charge on any atom is -0.508 e. The van der Waals surface area contributed by atoms with Gasteiger partial charge in [-0.15, -0.1) is 0 Å². The third-order valence-corrected chi connectivity index (χ3v) is 4.38. The largest absolute Gasteiger partial charge is 0.508 e.